The Bertz CT molecular complexity index is 492. The van der Waals surface area contributed by atoms with Gasteiger partial charge in [0.1, 0.15) is 5.52 Å². The molecule has 1 heterocycles. The van der Waals surface area contributed by atoms with Crippen LogP contribution in [0, 0.1) is 13.8 Å². The third-order valence-electron chi connectivity index (χ3n) is 2.16. The summed E-state index contributed by atoms with van der Waals surface area (Å²) < 4.78 is 5.33. The number of rotatable bonds is 1. The van der Waals surface area contributed by atoms with Crippen molar-refractivity contribution in [2.45, 2.75) is 13.8 Å². The van der Waals surface area contributed by atoms with Crippen LogP contribution < -0.4 is 11.3 Å². The Balaban J connectivity index is 2.81. The van der Waals surface area contributed by atoms with E-state index in [2.05, 4.69) is 10.4 Å². The van der Waals surface area contributed by atoms with Crippen LogP contribution in [-0.2, 0) is 0 Å². The molecule has 0 aliphatic carbocycles. The zero-order valence-corrected chi connectivity index (χ0v) is 8.64. The zero-order valence-electron chi connectivity index (χ0n) is 7.89. The molecule has 0 atom stereocenters. The predicted octanol–water partition coefficient (Wildman–Crippen LogP) is 2.38. The number of halogens is 1. The third-order valence-corrected chi connectivity index (χ3v) is 2.74. The molecule has 3 N–H and O–H groups in total. The fourth-order valence-corrected chi connectivity index (χ4v) is 1.56. The number of oxazole rings is 1. The Labute approximate surface area is 86.0 Å². The summed E-state index contributed by atoms with van der Waals surface area (Å²) >= 11 is 6.08. The molecule has 2 aromatic rings. The molecule has 74 valence electrons. The van der Waals surface area contributed by atoms with Gasteiger partial charge in [0, 0.05) is 5.02 Å². The van der Waals surface area contributed by atoms with Crippen LogP contribution in [0.2, 0.25) is 5.02 Å². The Kier molecular flexibility index (Phi) is 2.09. The van der Waals surface area contributed by atoms with E-state index in [1.54, 1.807) is 0 Å². The summed E-state index contributed by atoms with van der Waals surface area (Å²) in [6, 6.07) is 2.14. The molecule has 1 aromatic carbocycles. The van der Waals surface area contributed by atoms with Gasteiger partial charge in [-0.3, -0.25) is 5.43 Å². The van der Waals surface area contributed by atoms with Crippen molar-refractivity contribution < 1.29 is 4.42 Å². The van der Waals surface area contributed by atoms with Crippen molar-refractivity contribution in [2.75, 3.05) is 5.43 Å². The number of nitrogen functional groups attached to an aromatic ring is 1. The molecule has 0 unspecified atom stereocenters. The van der Waals surface area contributed by atoms with E-state index in [-0.39, 0.29) is 0 Å². The molecule has 0 aliphatic heterocycles. The molecule has 0 radical (unpaired) electrons. The summed E-state index contributed by atoms with van der Waals surface area (Å²) in [4.78, 5) is 4.15. The van der Waals surface area contributed by atoms with E-state index in [0.717, 1.165) is 21.7 Å². The molecule has 4 nitrogen and oxygen atoms in total. The lowest BCUT2D eigenvalue weighted by atomic mass is 10.1. The lowest BCUT2D eigenvalue weighted by Crippen LogP contribution is -2.06. The Hall–Kier alpha value is -1.26. The smallest absolute Gasteiger partial charge is 0.310 e. The Morgan fingerprint density at radius 3 is 2.86 bits per heavy atom. The highest BCUT2D eigenvalue weighted by atomic mass is 35.5. The summed E-state index contributed by atoms with van der Waals surface area (Å²) in [5.41, 5.74) is 5.68. The second-order valence-corrected chi connectivity index (χ2v) is 3.52. The minimum atomic E-state index is 0.296. The van der Waals surface area contributed by atoms with Gasteiger partial charge in [-0.2, -0.15) is 4.98 Å². The van der Waals surface area contributed by atoms with E-state index in [1.807, 2.05) is 19.9 Å². The largest absolute Gasteiger partial charge is 0.423 e. The van der Waals surface area contributed by atoms with Crippen molar-refractivity contribution in [3.05, 3.63) is 22.2 Å². The molecule has 0 bridgehead atoms. The molecule has 0 saturated carbocycles. The van der Waals surface area contributed by atoms with Crippen LogP contribution in [0.4, 0.5) is 6.01 Å². The molecule has 14 heavy (non-hydrogen) atoms. The van der Waals surface area contributed by atoms with Crippen molar-refractivity contribution in [1.82, 2.24) is 4.98 Å². The number of aryl methyl sites for hydroxylation is 2. The minimum Gasteiger partial charge on any atom is -0.423 e. The summed E-state index contributed by atoms with van der Waals surface area (Å²) in [5, 5.41) is 0.717. The first-order chi connectivity index (χ1) is 6.63. The highest BCUT2D eigenvalue weighted by molar-refractivity contribution is 6.33. The maximum absolute atomic E-state index is 6.08. The van der Waals surface area contributed by atoms with Gasteiger partial charge in [0.15, 0.2) is 5.58 Å². The molecular weight excluding hydrogens is 202 g/mol. The molecule has 0 aliphatic rings. The average molecular weight is 212 g/mol. The van der Waals surface area contributed by atoms with E-state index in [0.29, 0.717) is 11.6 Å². The van der Waals surface area contributed by atoms with E-state index in [4.69, 9.17) is 21.9 Å². The lowest BCUT2D eigenvalue weighted by Gasteiger charge is -2.00. The van der Waals surface area contributed by atoms with Crippen LogP contribution in [0.5, 0.6) is 0 Å². The SMILES string of the molecule is Cc1cc2oc(NN)nc2c(C)c1Cl. The number of nitrogens with zero attached hydrogens (tertiary/aromatic N) is 1. The number of hydrazine groups is 1. The quantitative estimate of drug-likeness (QED) is 0.562. The summed E-state index contributed by atoms with van der Waals surface area (Å²) in [5.74, 6) is 5.20. The first-order valence-electron chi connectivity index (χ1n) is 4.16. The third kappa shape index (κ3) is 1.23. The van der Waals surface area contributed by atoms with Gasteiger partial charge in [0.05, 0.1) is 0 Å². The molecule has 0 saturated heterocycles. The standard InChI is InChI=1S/C9H10ClN3O/c1-4-3-6-8(5(2)7(4)10)12-9(13-11)14-6/h3H,11H2,1-2H3,(H,12,13). The highest BCUT2D eigenvalue weighted by Gasteiger charge is 2.11. The maximum Gasteiger partial charge on any atom is 0.310 e. The average Bonchev–Trinajstić information content (AvgIpc) is 2.57. The van der Waals surface area contributed by atoms with Crippen molar-refractivity contribution in [3.63, 3.8) is 0 Å². The Morgan fingerprint density at radius 2 is 2.21 bits per heavy atom. The highest BCUT2D eigenvalue weighted by Crippen LogP contribution is 2.29. The summed E-state index contributed by atoms with van der Waals surface area (Å²) in [6.07, 6.45) is 0. The number of hydrogen-bond acceptors (Lipinski definition) is 4. The van der Waals surface area contributed by atoms with Gasteiger partial charge in [-0.1, -0.05) is 11.6 Å². The molecular formula is C9H10ClN3O. The van der Waals surface area contributed by atoms with Crippen LogP contribution in [-0.4, -0.2) is 4.98 Å². The van der Waals surface area contributed by atoms with Gasteiger partial charge in [0.25, 0.3) is 0 Å². The summed E-state index contributed by atoms with van der Waals surface area (Å²) in [7, 11) is 0. The summed E-state index contributed by atoms with van der Waals surface area (Å²) in [6.45, 7) is 3.83. The number of nitrogens with two attached hydrogens (primary N) is 1. The fraction of sp³-hybridized carbons (Fsp3) is 0.222. The maximum atomic E-state index is 6.08. The monoisotopic (exact) mass is 211 g/mol. The van der Waals surface area contributed by atoms with E-state index in [9.17, 15) is 0 Å². The number of fused-ring (bicyclic) bond motifs is 1. The number of aromatic nitrogens is 1. The topological polar surface area (TPSA) is 64.1 Å². The fourth-order valence-electron chi connectivity index (χ4n) is 1.42. The predicted molar refractivity (Wildman–Crippen MR) is 56.3 cm³/mol. The van der Waals surface area contributed by atoms with Gasteiger partial charge < -0.3 is 4.42 Å². The second-order valence-electron chi connectivity index (χ2n) is 3.14. The van der Waals surface area contributed by atoms with Gasteiger partial charge in [-0.05, 0) is 31.0 Å². The number of nitrogens with one attached hydrogen (secondary N) is 1. The number of anilines is 1. The molecule has 5 heteroatoms. The number of hydrogen-bond donors (Lipinski definition) is 2. The van der Waals surface area contributed by atoms with Gasteiger partial charge in [-0.15, -0.1) is 0 Å². The molecule has 1 aromatic heterocycles. The Morgan fingerprint density at radius 1 is 1.50 bits per heavy atom. The van der Waals surface area contributed by atoms with Crippen LogP contribution in [0.3, 0.4) is 0 Å². The van der Waals surface area contributed by atoms with Crippen LogP contribution in [0.15, 0.2) is 10.5 Å². The van der Waals surface area contributed by atoms with Gasteiger partial charge in [-0.25, -0.2) is 5.84 Å². The first-order valence-corrected chi connectivity index (χ1v) is 4.54. The van der Waals surface area contributed by atoms with Gasteiger partial charge >= 0.3 is 6.01 Å². The van der Waals surface area contributed by atoms with E-state index >= 15 is 0 Å². The lowest BCUT2D eigenvalue weighted by molar-refractivity contribution is 0.616. The second kappa shape index (κ2) is 3.15. The number of benzene rings is 1. The van der Waals surface area contributed by atoms with Crippen molar-refractivity contribution in [2.24, 2.45) is 5.84 Å². The van der Waals surface area contributed by atoms with Crippen molar-refractivity contribution in [1.29, 1.82) is 0 Å². The normalized spacial score (nSPS) is 10.9. The minimum absolute atomic E-state index is 0.296. The molecule has 0 fully saturated rings. The van der Waals surface area contributed by atoms with Crippen LogP contribution in [0.1, 0.15) is 11.1 Å². The van der Waals surface area contributed by atoms with Crippen molar-refractivity contribution in [3.8, 4) is 0 Å². The van der Waals surface area contributed by atoms with Crippen LogP contribution >= 0.6 is 11.6 Å². The van der Waals surface area contributed by atoms with E-state index in [1.165, 1.54) is 0 Å². The van der Waals surface area contributed by atoms with Crippen LogP contribution in [0.25, 0.3) is 11.1 Å². The first kappa shape index (κ1) is 9.30. The zero-order chi connectivity index (χ0) is 10.3. The molecule has 0 amide bonds. The van der Waals surface area contributed by atoms with E-state index < -0.39 is 0 Å². The molecule has 2 rings (SSSR count). The van der Waals surface area contributed by atoms with Crippen molar-refractivity contribution >= 4 is 28.7 Å². The molecule has 0 spiro atoms. The van der Waals surface area contributed by atoms with Gasteiger partial charge in [0.2, 0.25) is 0 Å².